The summed E-state index contributed by atoms with van der Waals surface area (Å²) in [7, 11) is 1.82. The molecule has 0 bridgehead atoms. The highest BCUT2D eigenvalue weighted by Crippen LogP contribution is 2.34. The topological polar surface area (TPSA) is 34.1 Å². The van der Waals surface area contributed by atoms with Gasteiger partial charge in [0.2, 0.25) is 0 Å². The second kappa shape index (κ2) is 5.41. The molecule has 16 heavy (non-hydrogen) atoms. The molecule has 1 saturated carbocycles. The molecule has 0 radical (unpaired) electrons. The fourth-order valence-electron chi connectivity index (χ4n) is 2.12. The number of nitrogens with one attached hydrogen (secondary N) is 1. The first-order valence-electron chi connectivity index (χ1n) is 5.99. The van der Waals surface area contributed by atoms with Crippen molar-refractivity contribution < 1.29 is 4.74 Å². The van der Waals surface area contributed by atoms with Gasteiger partial charge in [0.15, 0.2) is 0 Å². The molecule has 1 aliphatic rings. The van der Waals surface area contributed by atoms with Crippen molar-refractivity contribution in [2.24, 2.45) is 0 Å². The molecule has 1 fully saturated rings. The summed E-state index contributed by atoms with van der Waals surface area (Å²) in [4.78, 5) is 4.10. The van der Waals surface area contributed by atoms with Crippen LogP contribution in [0.1, 0.15) is 24.8 Å². The Balaban J connectivity index is 1.65. The van der Waals surface area contributed by atoms with Crippen LogP contribution in [-0.4, -0.2) is 30.8 Å². The van der Waals surface area contributed by atoms with Crippen LogP contribution in [0.4, 0.5) is 0 Å². The Labute approximate surface area is 97.2 Å². The van der Waals surface area contributed by atoms with Crippen molar-refractivity contribution in [3.8, 4) is 0 Å². The van der Waals surface area contributed by atoms with Crippen LogP contribution in [0.25, 0.3) is 0 Å². The van der Waals surface area contributed by atoms with Crippen LogP contribution >= 0.6 is 0 Å². The predicted octanol–water partition coefficient (Wildman–Crippen LogP) is 1.78. The number of aromatic nitrogens is 1. The number of ether oxygens (including phenoxy) is 1. The summed E-state index contributed by atoms with van der Waals surface area (Å²) in [6, 6.07) is 4.10. The standard InChI is InChI=1S/C13H20N2O/c1-16-13(6-3-7-13)11-15-9-5-12-4-2-8-14-10-12/h2,4,8,10,15H,3,5-7,9,11H2,1H3. The van der Waals surface area contributed by atoms with E-state index < -0.39 is 0 Å². The number of hydrogen-bond donors (Lipinski definition) is 1. The molecule has 0 unspecified atom stereocenters. The first-order valence-corrected chi connectivity index (χ1v) is 5.99. The van der Waals surface area contributed by atoms with Gasteiger partial charge in [-0.3, -0.25) is 4.98 Å². The third-order valence-corrected chi connectivity index (χ3v) is 3.46. The molecule has 3 nitrogen and oxygen atoms in total. The van der Waals surface area contributed by atoms with E-state index in [9.17, 15) is 0 Å². The number of nitrogens with zero attached hydrogens (tertiary/aromatic N) is 1. The highest BCUT2D eigenvalue weighted by molar-refractivity contribution is 5.08. The van der Waals surface area contributed by atoms with Crippen molar-refractivity contribution in [3.63, 3.8) is 0 Å². The van der Waals surface area contributed by atoms with Crippen LogP contribution in [0, 0.1) is 0 Å². The Bertz CT molecular complexity index is 303. The van der Waals surface area contributed by atoms with E-state index in [1.807, 2.05) is 25.6 Å². The highest BCUT2D eigenvalue weighted by atomic mass is 16.5. The number of rotatable bonds is 6. The van der Waals surface area contributed by atoms with Crippen LogP contribution in [0.2, 0.25) is 0 Å². The lowest BCUT2D eigenvalue weighted by Gasteiger charge is -2.40. The molecule has 0 saturated heterocycles. The zero-order chi connectivity index (χ0) is 11.3. The zero-order valence-electron chi connectivity index (χ0n) is 9.91. The Morgan fingerprint density at radius 1 is 1.50 bits per heavy atom. The molecule has 1 N–H and O–H groups in total. The van der Waals surface area contributed by atoms with E-state index in [0.717, 1.165) is 19.5 Å². The molecule has 0 atom stereocenters. The summed E-state index contributed by atoms with van der Waals surface area (Å²) in [5, 5.41) is 3.47. The first kappa shape index (κ1) is 11.6. The van der Waals surface area contributed by atoms with E-state index in [0.29, 0.717) is 0 Å². The Morgan fingerprint density at radius 2 is 2.38 bits per heavy atom. The van der Waals surface area contributed by atoms with E-state index in [1.165, 1.54) is 24.8 Å². The minimum absolute atomic E-state index is 0.134. The van der Waals surface area contributed by atoms with Crippen LogP contribution < -0.4 is 5.32 Å². The summed E-state index contributed by atoms with van der Waals surface area (Å²) in [6.07, 6.45) is 8.47. The molecule has 88 valence electrons. The highest BCUT2D eigenvalue weighted by Gasteiger charge is 2.36. The fourth-order valence-corrected chi connectivity index (χ4v) is 2.12. The normalized spacial score (nSPS) is 18.1. The average Bonchev–Trinajstić information content (AvgIpc) is 2.29. The Hall–Kier alpha value is -0.930. The second-order valence-corrected chi connectivity index (χ2v) is 4.53. The molecular formula is C13H20N2O. The predicted molar refractivity (Wildman–Crippen MR) is 64.4 cm³/mol. The van der Waals surface area contributed by atoms with E-state index in [1.54, 1.807) is 0 Å². The summed E-state index contributed by atoms with van der Waals surface area (Å²) in [5.74, 6) is 0. The van der Waals surface area contributed by atoms with Crippen molar-refractivity contribution in [3.05, 3.63) is 30.1 Å². The zero-order valence-corrected chi connectivity index (χ0v) is 9.91. The van der Waals surface area contributed by atoms with Crippen LogP contribution in [-0.2, 0) is 11.2 Å². The van der Waals surface area contributed by atoms with E-state index in [-0.39, 0.29) is 5.60 Å². The minimum atomic E-state index is 0.134. The largest absolute Gasteiger partial charge is 0.377 e. The molecule has 3 heteroatoms. The molecule has 0 amide bonds. The second-order valence-electron chi connectivity index (χ2n) is 4.53. The maximum Gasteiger partial charge on any atom is 0.0802 e. The van der Waals surface area contributed by atoms with Gasteiger partial charge in [-0.25, -0.2) is 0 Å². The molecule has 0 aliphatic heterocycles. The van der Waals surface area contributed by atoms with Crippen LogP contribution in [0.5, 0.6) is 0 Å². The van der Waals surface area contributed by atoms with Gasteiger partial charge >= 0.3 is 0 Å². The lowest BCUT2D eigenvalue weighted by Crippen LogP contribution is -2.48. The van der Waals surface area contributed by atoms with Crippen molar-refractivity contribution in [1.82, 2.24) is 10.3 Å². The lowest BCUT2D eigenvalue weighted by molar-refractivity contribution is -0.0691. The Kier molecular flexibility index (Phi) is 3.91. The molecular weight excluding hydrogens is 200 g/mol. The Morgan fingerprint density at radius 3 is 2.94 bits per heavy atom. The van der Waals surface area contributed by atoms with Gasteiger partial charge in [-0.1, -0.05) is 6.07 Å². The van der Waals surface area contributed by atoms with Gasteiger partial charge in [0.1, 0.15) is 0 Å². The van der Waals surface area contributed by atoms with E-state index >= 15 is 0 Å². The summed E-state index contributed by atoms with van der Waals surface area (Å²) < 4.78 is 5.55. The van der Waals surface area contributed by atoms with E-state index in [4.69, 9.17) is 4.74 Å². The van der Waals surface area contributed by atoms with Gasteiger partial charge in [-0.15, -0.1) is 0 Å². The van der Waals surface area contributed by atoms with Crippen LogP contribution in [0.15, 0.2) is 24.5 Å². The summed E-state index contributed by atoms with van der Waals surface area (Å²) in [5.41, 5.74) is 1.42. The maximum atomic E-state index is 5.55. The van der Waals surface area contributed by atoms with Gasteiger partial charge in [0.05, 0.1) is 5.60 Å². The molecule has 1 aromatic rings. The van der Waals surface area contributed by atoms with Gasteiger partial charge < -0.3 is 10.1 Å². The molecule has 1 aliphatic carbocycles. The first-order chi connectivity index (χ1) is 7.85. The van der Waals surface area contributed by atoms with Gasteiger partial charge in [-0.05, 0) is 43.9 Å². The monoisotopic (exact) mass is 220 g/mol. The third-order valence-electron chi connectivity index (χ3n) is 3.46. The van der Waals surface area contributed by atoms with Crippen molar-refractivity contribution in [1.29, 1.82) is 0 Å². The molecule has 0 aromatic carbocycles. The number of methoxy groups -OCH3 is 1. The van der Waals surface area contributed by atoms with E-state index in [2.05, 4.69) is 16.4 Å². The lowest BCUT2D eigenvalue weighted by atomic mass is 9.80. The molecule has 1 aromatic heterocycles. The minimum Gasteiger partial charge on any atom is -0.377 e. The SMILES string of the molecule is COC1(CNCCc2cccnc2)CCC1. The summed E-state index contributed by atoms with van der Waals surface area (Å²) >= 11 is 0. The molecule has 1 heterocycles. The van der Waals surface area contributed by atoms with Gasteiger partial charge in [0.25, 0.3) is 0 Å². The fraction of sp³-hybridized carbons (Fsp3) is 0.615. The molecule has 0 spiro atoms. The number of hydrogen-bond acceptors (Lipinski definition) is 3. The van der Waals surface area contributed by atoms with Crippen molar-refractivity contribution >= 4 is 0 Å². The summed E-state index contributed by atoms with van der Waals surface area (Å²) in [6.45, 7) is 1.97. The third kappa shape index (κ3) is 2.80. The number of pyridine rings is 1. The molecule has 2 rings (SSSR count). The van der Waals surface area contributed by atoms with Crippen molar-refractivity contribution in [2.75, 3.05) is 20.2 Å². The van der Waals surface area contributed by atoms with Crippen LogP contribution in [0.3, 0.4) is 0 Å². The van der Waals surface area contributed by atoms with Crippen molar-refractivity contribution in [2.45, 2.75) is 31.3 Å². The maximum absolute atomic E-state index is 5.55. The quantitative estimate of drug-likeness (QED) is 0.742. The van der Waals surface area contributed by atoms with Gasteiger partial charge in [0, 0.05) is 26.0 Å². The van der Waals surface area contributed by atoms with Gasteiger partial charge in [-0.2, -0.15) is 0 Å². The smallest absolute Gasteiger partial charge is 0.0802 e. The average molecular weight is 220 g/mol.